The maximum atomic E-state index is 13.7. The van der Waals surface area contributed by atoms with E-state index >= 15 is 0 Å². The summed E-state index contributed by atoms with van der Waals surface area (Å²) >= 11 is 1.34. The first-order chi connectivity index (χ1) is 9.54. The molecule has 2 atom stereocenters. The fraction of sp³-hybridized carbons (Fsp3) is 0.400. The number of ether oxygens (including phenoxy) is 1. The van der Waals surface area contributed by atoms with E-state index in [2.05, 4.69) is 0 Å². The van der Waals surface area contributed by atoms with Crippen molar-refractivity contribution in [3.8, 4) is 0 Å². The molecule has 0 saturated carbocycles. The Morgan fingerprint density at radius 3 is 2.70 bits per heavy atom. The highest BCUT2D eigenvalue weighted by molar-refractivity contribution is 7.20. The van der Waals surface area contributed by atoms with Gasteiger partial charge in [0.25, 0.3) is 5.91 Å². The number of carbonyl (C=O) groups is 1. The molecule has 0 spiro atoms. The normalized spacial score (nSPS) is 23.2. The molecule has 20 heavy (non-hydrogen) atoms. The Morgan fingerprint density at radius 2 is 2.05 bits per heavy atom. The summed E-state index contributed by atoms with van der Waals surface area (Å²) in [6.07, 6.45) is 0.0719. The van der Waals surface area contributed by atoms with Gasteiger partial charge in [-0.25, -0.2) is 4.39 Å². The summed E-state index contributed by atoms with van der Waals surface area (Å²) in [5.41, 5.74) is 0. The second-order valence-corrected chi connectivity index (χ2v) is 6.31. The molecule has 2 aromatic rings. The molecule has 0 radical (unpaired) electrons. The van der Waals surface area contributed by atoms with Crippen LogP contribution in [0.25, 0.3) is 10.1 Å². The van der Waals surface area contributed by atoms with Gasteiger partial charge in [0.15, 0.2) is 0 Å². The Balaban J connectivity index is 1.90. The second kappa shape index (κ2) is 5.14. The summed E-state index contributed by atoms with van der Waals surface area (Å²) in [5.74, 6) is -0.311. The number of fused-ring (bicyclic) bond motifs is 1. The molecular weight excluding hydrogens is 277 g/mol. The third-order valence-corrected chi connectivity index (χ3v) is 4.51. The summed E-state index contributed by atoms with van der Waals surface area (Å²) in [5, 5.41) is 0.523. The Hall–Kier alpha value is -1.46. The van der Waals surface area contributed by atoms with E-state index in [9.17, 15) is 9.18 Å². The topological polar surface area (TPSA) is 29.5 Å². The highest BCUT2D eigenvalue weighted by Gasteiger charge is 2.27. The maximum Gasteiger partial charge on any atom is 0.264 e. The lowest BCUT2D eigenvalue weighted by atomic mass is 10.2. The number of nitrogens with zero attached hydrogens (tertiary/aromatic N) is 1. The van der Waals surface area contributed by atoms with Gasteiger partial charge in [-0.05, 0) is 32.0 Å². The van der Waals surface area contributed by atoms with Crippen molar-refractivity contribution >= 4 is 27.3 Å². The third kappa shape index (κ3) is 2.43. The molecule has 1 saturated heterocycles. The number of thiophene rings is 1. The fourth-order valence-corrected chi connectivity index (χ4v) is 3.67. The molecule has 1 aromatic heterocycles. The summed E-state index contributed by atoms with van der Waals surface area (Å²) in [4.78, 5) is 14.9. The van der Waals surface area contributed by atoms with Crippen LogP contribution >= 0.6 is 11.3 Å². The summed E-state index contributed by atoms with van der Waals surface area (Å²) in [7, 11) is 0. The smallest absolute Gasteiger partial charge is 0.264 e. The van der Waals surface area contributed by atoms with Crippen LogP contribution in [0.15, 0.2) is 24.3 Å². The Bertz CT molecular complexity index is 644. The summed E-state index contributed by atoms with van der Waals surface area (Å²) in [6.45, 7) is 5.08. The van der Waals surface area contributed by atoms with Gasteiger partial charge >= 0.3 is 0 Å². The van der Waals surface area contributed by atoms with Crippen LogP contribution in [0.4, 0.5) is 4.39 Å². The maximum absolute atomic E-state index is 13.7. The van der Waals surface area contributed by atoms with Gasteiger partial charge in [0.1, 0.15) is 5.82 Å². The monoisotopic (exact) mass is 293 g/mol. The van der Waals surface area contributed by atoms with Crippen molar-refractivity contribution in [3.63, 3.8) is 0 Å². The number of morpholine rings is 1. The molecule has 2 heterocycles. The first-order valence-corrected chi connectivity index (χ1v) is 7.49. The largest absolute Gasteiger partial charge is 0.372 e. The molecule has 3 rings (SSSR count). The highest BCUT2D eigenvalue weighted by Crippen LogP contribution is 2.29. The lowest BCUT2D eigenvalue weighted by molar-refractivity contribution is -0.0585. The highest BCUT2D eigenvalue weighted by atomic mass is 32.1. The van der Waals surface area contributed by atoms with Gasteiger partial charge in [0, 0.05) is 23.2 Å². The van der Waals surface area contributed by atoms with Gasteiger partial charge in [-0.15, -0.1) is 11.3 Å². The average Bonchev–Trinajstić information content (AvgIpc) is 2.82. The van der Waals surface area contributed by atoms with Gasteiger partial charge in [0.05, 0.1) is 17.1 Å². The number of halogens is 1. The molecule has 1 amide bonds. The number of carbonyl (C=O) groups excluding carboxylic acids is 1. The third-order valence-electron chi connectivity index (χ3n) is 3.43. The minimum Gasteiger partial charge on any atom is -0.372 e. The standard InChI is InChI=1S/C15H16FNO2S/c1-9-7-17(8-10(2)19-9)15(18)14-6-11-12(16)4-3-5-13(11)20-14/h3-6,9-10H,7-8H2,1-2H3/t9-,10-/m0/s1. The molecule has 0 unspecified atom stereocenters. The molecule has 3 nitrogen and oxygen atoms in total. The van der Waals surface area contributed by atoms with E-state index < -0.39 is 0 Å². The molecule has 1 aliphatic heterocycles. The van der Waals surface area contributed by atoms with E-state index in [0.29, 0.717) is 23.4 Å². The van der Waals surface area contributed by atoms with Gasteiger partial charge in [-0.1, -0.05) is 6.07 Å². The molecule has 5 heteroatoms. The zero-order valence-corrected chi connectivity index (χ0v) is 12.2. The lowest BCUT2D eigenvalue weighted by Gasteiger charge is -2.35. The molecule has 1 aromatic carbocycles. The Morgan fingerprint density at radius 1 is 1.35 bits per heavy atom. The van der Waals surface area contributed by atoms with Crippen LogP contribution in [0.5, 0.6) is 0 Å². The SMILES string of the molecule is C[C@H]1CN(C(=O)c2cc3c(F)cccc3s2)C[C@H](C)O1. The predicted octanol–water partition coefficient (Wildman–Crippen LogP) is 3.29. The number of benzene rings is 1. The number of rotatable bonds is 1. The van der Waals surface area contributed by atoms with E-state index in [1.54, 1.807) is 17.0 Å². The van der Waals surface area contributed by atoms with E-state index in [-0.39, 0.29) is 23.9 Å². The van der Waals surface area contributed by atoms with Crippen LogP contribution in [0.3, 0.4) is 0 Å². The summed E-state index contributed by atoms with van der Waals surface area (Å²) in [6, 6.07) is 6.58. The van der Waals surface area contributed by atoms with E-state index in [4.69, 9.17) is 4.74 Å². The van der Waals surface area contributed by atoms with Crippen LogP contribution in [0, 0.1) is 5.82 Å². The van der Waals surface area contributed by atoms with Gasteiger partial charge in [-0.2, -0.15) is 0 Å². The van der Waals surface area contributed by atoms with Gasteiger partial charge in [0.2, 0.25) is 0 Å². The zero-order valence-electron chi connectivity index (χ0n) is 11.4. The first kappa shape index (κ1) is 13.5. The van der Waals surface area contributed by atoms with Crippen molar-refractivity contribution in [2.24, 2.45) is 0 Å². The molecule has 0 bridgehead atoms. The molecule has 0 N–H and O–H groups in total. The van der Waals surface area contributed by atoms with Crippen molar-refractivity contribution in [2.75, 3.05) is 13.1 Å². The number of hydrogen-bond donors (Lipinski definition) is 0. The predicted molar refractivity (Wildman–Crippen MR) is 77.7 cm³/mol. The van der Waals surface area contributed by atoms with Crippen molar-refractivity contribution < 1.29 is 13.9 Å². The van der Waals surface area contributed by atoms with Crippen LogP contribution in [0.2, 0.25) is 0 Å². The minimum absolute atomic E-state index is 0.0346. The van der Waals surface area contributed by atoms with Crippen molar-refractivity contribution in [1.82, 2.24) is 4.90 Å². The fourth-order valence-electron chi connectivity index (χ4n) is 2.63. The summed E-state index contributed by atoms with van der Waals surface area (Å²) < 4.78 is 20.1. The van der Waals surface area contributed by atoms with Gasteiger partial charge in [-0.3, -0.25) is 4.79 Å². The number of hydrogen-bond acceptors (Lipinski definition) is 3. The lowest BCUT2D eigenvalue weighted by Crippen LogP contribution is -2.48. The second-order valence-electron chi connectivity index (χ2n) is 5.23. The average molecular weight is 293 g/mol. The quantitative estimate of drug-likeness (QED) is 0.807. The van der Waals surface area contributed by atoms with E-state index in [1.165, 1.54) is 17.4 Å². The Labute approximate surface area is 121 Å². The molecule has 106 valence electrons. The molecule has 1 aliphatic rings. The van der Waals surface area contributed by atoms with Crippen molar-refractivity contribution in [1.29, 1.82) is 0 Å². The molecular formula is C15H16FNO2S. The van der Waals surface area contributed by atoms with Crippen LogP contribution in [0.1, 0.15) is 23.5 Å². The van der Waals surface area contributed by atoms with Crippen molar-refractivity contribution in [2.45, 2.75) is 26.1 Å². The van der Waals surface area contributed by atoms with Crippen LogP contribution in [-0.4, -0.2) is 36.1 Å². The molecule has 1 fully saturated rings. The van der Waals surface area contributed by atoms with Gasteiger partial charge < -0.3 is 9.64 Å². The minimum atomic E-state index is -0.276. The van der Waals surface area contributed by atoms with E-state index in [1.807, 2.05) is 19.9 Å². The molecule has 0 aliphatic carbocycles. The Kier molecular flexibility index (Phi) is 3.48. The van der Waals surface area contributed by atoms with Crippen molar-refractivity contribution in [3.05, 3.63) is 35.0 Å². The van der Waals surface area contributed by atoms with E-state index in [0.717, 1.165) is 4.70 Å². The van der Waals surface area contributed by atoms with Crippen LogP contribution in [-0.2, 0) is 4.74 Å². The number of amides is 1. The zero-order chi connectivity index (χ0) is 14.3. The van der Waals surface area contributed by atoms with Crippen LogP contribution < -0.4 is 0 Å². The first-order valence-electron chi connectivity index (χ1n) is 6.67.